The van der Waals surface area contributed by atoms with Gasteiger partial charge in [-0.15, -0.1) is 0 Å². The standard InChI is InChI=1S/C13H18BrN3O/c1-16-6-8-17(9-7-16)13(18)15-10-11-2-4-12(14)5-3-11/h2-5H,6-10H2,1H3,(H,15,18). The summed E-state index contributed by atoms with van der Waals surface area (Å²) in [4.78, 5) is 16.0. The van der Waals surface area contributed by atoms with Gasteiger partial charge >= 0.3 is 6.03 Å². The van der Waals surface area contributed by atoms with Crippen molar-refractivity contribution in [3.8, 4) is 0 Å². The van der Waals surface area contributed by atoms with Gasteiger partial charge in [0.05, 0.1) is 0 Å². The maximum Gasteiger partial charge on any atom is 0.317 e. The van der Waals surface area contributed by atoms with E-state index < -0.39 is 0 Å². The van der Waals surface area contributed by atoms with E-state index >= 15 is 0 Å². The van der Waals surface area contributed by atoms with Crippen molar-refractivity contribution in [1.29, 1.82) is 0 Å². The summed E-state index contributed by atoms with van der Waals surface area (Å²) in [5.41, 5.74) is 1.11. The summed E-state index contributed by atoms with van der Waals surface area (Å²) in [6.07, 6.45) is 0. The molecule has 2 rings (SSSR count). The molecule has 0 saturated carbocycles. The number of nitrogens with zero attached hydrogens (tertiary/aromatic N) is 2. The monoisotopic (exact) mass is 311 g/mol. The van der Waals surface area contributed by atoms with Crippen LogP contribution in [0.4, 0.5) is 4.79 Å². The molecule has 4 nitrogen and oxygen atoms in total. The van der Waals surface area contributed by atoms with E-state index in [1.54, 1.807) is 0 Å². The van der Waals surface area contributed by atoms with Gasteiger partial charge in [-0.25, -0.2) is 4.79 Å². The summed E-state index contributed by atoms with van der Waals surface area (Å²) in [6, 6.07) is 8.02. The Balaban J connectivity index is 1.79. The molecule has 1 aromatic rings. The van der Waals surface area contributed by atoms with Crippen molar-refractivity contribution in [1.82, 2.24) is 15.1 Å². The molecule has 18 heavy (non-hydrogen) atoms. The molecule has 1 fully saturated rings. The van der Waals surface area contributed by atoms with Gasteiger partial charge in [0.1, 0.15) is 0 Å². The first-order valence-electron chi connectivity index (χ1n) is 6.11. The summed E-state index contributed by atoms with van der Waals surface area (Å²) in [7, 11) is 2.08. The number of benzene rings is 1. The molecule has 1 aliphatic heterocycles. The average molecular weight is 312 g/mol. The fourth-order valence-corrected chi connectivity index (χ4v) is 2.17. The van der Waals surface area contributed by atoms with E-state index in [4.69, 9.17) is 0 Å². The number of carbonyl (C=O) groups is 1. The summed E-state index contributed by atoms with van der Waals surface area (Å²) < 4.78 is 1.05. The molecule has 5 heteroatoms. The van der Waals surface area contributed by atoms with Crippen molar-refractivity contribution in [2.45, 2.75) is 6.54 Å². The molecule has 0 radical (unpaired) electrons. The quantitative estimate of drug-likeness (QED) is 0.905. The van der Waals surface area contributed by atoms with Gasteiger partial charge in [-0.2, -0.15) is 0 Å². The third-order valence-electron chi connectivity index (χ3n) is 3.15. The predicted octanol–water partition coefficient (Wildman–Crippen LogP) is 1.91. The number of hydrogen-bond acceptors (Lipinski definition) is 2. The number of urea groups is 1. The lowest BCUT2D eigenvalue weighted by Gasteiger charge is -2.32. The van der Waals surface area contributed by atoms with E-state index in [0.717, 1.165) is 36.2 Å². The maximum atomic E-state index is 11.9. The zero-order valence-corrected chi connectivity index (χ0v) is 12.1. The minimum atomic E-state index is 0.0334. The fourth-order valence-electron chi connectivity index (χ4n) is 1.90. The maximum absolute atomic E-state index is 11.9. The molecule has 1 aliphatic rings. The second kappa shape index (κ2) is 6.20. The van der Waals surface area contributed by atoms with Gasteiger partial charge in [0.15, 0.2) is 0 Å². The molecule has 1 heterocycles. The molecule has 0 aliphatic carbocycles. The SMILES string of the molecule is CN1CCN(C(=O)NCc2ccc(Br)cc2)CC1. The Labute approximate surface area is 116 Å². The Kier molecular flexibility index (Phi) is 4.60. The zero-order chi connectivity index (χ0) is 13.0. The second-order valence-electron chi connectivity index (χ2n) is 4.58. The van der Waals surface area contributed by atoms with Gasteiger partial charge in [-0.05, 0) is 24.7 Å². The lowest BCUT2D eigenvalue weighted by atomic mass is 10.2. The highest BCUT2D eigenvalue weighted by Crippen LogP contribution is 2.10. The van der Waals surface area contributed by atoms with Gasteiger partial charge in [0.25, 0.3) is 0 Å². The van der Waals surface area contributed by atoms with Gasteiger partial charge in [0.2, 0.25) is 0 Å². The highest BCUT2D eigenvalue weighted by molar-refractivity contribution is 9.10. The van der Waals surface area contributed by atoms with Gasteiger partial charge in [-0.3, -0.25) is 0 Å². The topological polar surface area (TPSA) is 35.6 Å². The second-order valence-corrected chi connectivity index (χ2v) is 5.49. The largest absolute Gasteiger partial charge is 0.334 e. The van der Waals surface area contributed by atoms with Crippen molar-refractivity contribution in [3.63, 3.8) is 0 Å². The van der Waals surface area contributed by atoms with Crippen LogP contribution >= 0.6 is 15.9 Å². The van der Waals surface area contributed by atoms with E-state index in [9.17, 15) is 4.79 Å². The van der Waals surface area contributed by atoms with Crippen molar-refractivity contribution in [2.24, 2.45) is 0 Å². The highest BCUT2D eigenvalue weighted by Gasteiger charge is 2.18. The number of nitrogens with one attached hydrogen (secondary N) is 1. The van der Waals surface area contributed by atoms with Crippen LogP contribution in [0.1, 0.15) is 5.56 Å². The Hall–Kier alpha value is -1.07. The normalized spacial score (nSPS) is 16.7. The molecule has 0 bridgehead atoms. The van der Waals surface area contributed by atoms with E-state index in [0.29, 0.717) is 6.54 Å². The first-order valence-corrected chi connectivity index (χ1v) is 6.90. The first kappa shape index (κ1) is 13.4. The Morgan fingerprint density at radius 1 is 1.22 bits per heavy atom. The number of likely N-dealkylation sites (N-methyl/N-ethyl adjacent to an activating group) is 1. The fraction of sp³-hybridized carbons (Fsp3) is 0.462. The third kappa shape index (κ3) is 3.71. The minimum absolute atomic E-state index is 0.0334. The first-order chi connectivity index (χ1) is 8.65. The van der Waals surface area contributed by atoms with Crippen LogP contribution in [0.25, 0.3) is 0 Å². The van der Waals surface area contributed by atoms with E-state index in [-0.39, 0.29) is 6.03 Å². The molecule has 0 spiro atoms. The number of amides is 2. The molecular formula is C13H18BrN3O. The molecule has 1 N–H and O–H groups in total. The van der Waals surface area contributed by atoms with Crippen molar-refractivity contribution in [2.75, 3.05) is 33.2 Å². The molecule has 0 unspecified atom stereocenters. The molecule has 2 amide bonds. The van der Waals surface area contributed by atoms with Crippen LogP contribution in [0.2, 0.25) is 0 Å². The number of halogens is 1. The number of hydrogen-bond donors (Lipinski definition) is 1. The Morgan fingerprint density at radius 2 is 1.83 bits per heavy atom. The molecule has 98 valence electrons. The van der Waals surface area contributed by atoms with Crippen LogP contribution < -0.4 is 5.32 Å². The number of rotatable bonds is 2. The Morgan fingerprint density at radius 3 is 2.44 bits per heavy atom. The lowest BCUT2D eigenvalue weighted by Crippen LogP contribution is -2.50. The number of carbonyl (C=O) groups excluding carboxylic acids is 1. The zero-order valence-electron chi connectivity index (χ0n) is 10.5. The van der Waals surface area contributed by atoms with E-state index in [1.807, 2.05) is 29.2 Å². The molecule has 0 atom stereocenters. The lowest BCUT2D eigenvalue weighted by molar-refractivity contribution is 0.154. The van der Waals surface area contributed by atoms with Crippen LogP contribution in [-0.2, 0) is 6.54 Å². The van der Waals surface area contributed by atoms with Crippen LogP contribution in [0.5, 0.6) is 0 Å². The molecule has 1 saturated heterocycles. The van der Waals surface area contributed by atoms with Gasteiger partial charge < -0.3 is 15.1 Å². The third-order valence-corrected chi connectivity index (χ3v) is 3.68. The predicted molar refractivity (Wildman–Crippen MR) is 75.4 cm³/mol. The number of piperazine rings is 1. The van der Waals surface area contributed by atoms with Crippen LogP contribution in [0.15, 0.2) is 28.7 Å². The Bertz CT molecular complexity index is 399. The molecule has 1 aromatic carbocycles. The minimum Gasteiger partial charge on any atom is -0.334 e. The summed E-state index contributed by atoms with van der Waals surface area (Å²) in [6.45, 7) is 4.10. The van der Waals surface area contributed by atoms with Crippen LogP contribution in [0.3, 0.4) is 0 Å². The summed E-state index contributed by atoms with van der Waals surface area (Å²) >= 11 is 3.39. The molecular weight excluding hydrogens is 294 g/mol. The van der Waals surface area contributed by atoms with Crippen LogP contribution in [0, 0.1) is 0 Å². The summed E-state index contributed by atoms with van der Waals surface area (Å²) in [5, 5.41) is 2.96. The molecule has 0 aromatic heterocycles. The van der Waals surface area contributed by atoms with Crippen LogP contribution in [-0.4, -0.2) is 49.1 Å². The van der Waals surface area contributed by atoms with Crippen molar-refractivity contribution >= 4 is 22.0 Å². The highest BCUT2D eigenvalue weighted by atomic mass is 79.9. The van der Waals surface area contributed by atoms with E-state index in [1.165, 1.54) is 0 Å². The van der Waals surface area contributed by atoms with Crippen molar-refractivity contribution < 1.29 is 4.79 Å². The van der Waals surface area contributed by atoms with Gasteiger partial charge in [0, 0.05) is 37.2 Å². The van der Waals surface area contributed by atoms with Crippen molar-refractivity contribution in [3.05, 3.63) is 34.3 Å². The average Bonchev–Trinajstić information content (AvgIpc) is 2.38. The smallest absolute Gasteiger partial charge is 0.317 e. The van der Waals surface area contributed by atoms with Gasteiger partial charge in [-0.1, -0.05) is 28.1 Å². The van der Waals surface area contributed by atoms with E-state index in [2.05, 4.69) is 33.2 Å². The summed E-state index contributed by atoms with van der Waals surface area (Å²) in [5.74, 6) is 0.